The summed E-state index contributed by atoms with van der Waals surface area (Å²) >= 11 is 0. The van der Waals surface area contributed by atoms with Crippen molar-refractivity contribution in [3.63, 3.8) is 0 Å². The van der Waals surface area contributed by atoms with Crippen LogP contribution < -0.4 is 20.7 Å². The largest absolute Gasteiger partial charge is 0.480 e. The fraction of sp³-hybridized carbons (Fsp3) is 0.436. The number of fused-ring (bicyclic) bond motifs is 2. The van der Waals surface area contributed by atoms with Crippen LogP contribution in [0.25, 0.3) is 5.65 Å². The van der Waals surface area contributed by atoms with Crippen LogP contribution in [0.1, 0.15) is 87.2 Å². The molecule has 0 saturated carbocycles. The highest BCUT2D eigenvalue weighted by molar-refractivity contribution is 5.96. The quantitative estimate of drug-likeness (QED) is 0.160. The van der Waals surface area contributed by atoms with Crippen LogP contribution in [-0.2, 0) is 25.9 Å². The number of aromatic nitrogens is 4. The van der Waals surface area contributed by atoms with Crippen LogP contribution in [-0.4, -0.2) is 82.1 Å². The van der Waals surface area contributed by atoms with E-state index in [1.807, 2.05) is 61.7 Å². The molecule has 1 aliphatic carbocycles. The number of nitrogens with zero attached hydrogens (tertiary/aromatic N) is 5. The Morgan fingerprint density at radius 2 is 1.83 bits per heavy atom. The molecule has 0 unspecified atom stereocenters. The molecule has 274 valence electrons. The first-order valence-corrected chi connectivity index (χ1v) is 17.7. The Labute approximate surface area is 304 Å². The van der Waals surface area contributed by atoms with Gasteiger partial charge in [-0.15, -0.1) is 10.2 Å². The minimum absolute atomic E-state index is 0.189. The number of pyridine rings is 2. The van der Waals surface area contributed by atoms with Crippen molar-refractivity contribution in [2.45, 2.75) is 70.4 Å². The molecular formula is C39H48N8O5. The van der Waals surface area contributed by atoms with E-state index in [9.17, 15) is 14.4 Å². The van der Waals surface area contributed by atoms with Crippen molar-refractivity contribution in [3.8, 4) is 5.75 Å². The van der Waals surface area contributed by atoms with Crippen LogP contribution in [0.15, 0.2) is 66.9 Å². The molecule has 2 aliphatic rings. The summed E-state index contributed by atoms with van der Waals surface area (Å²) in [6.45, 7) is 16.5. The number of carbonyl (C=O) groups is 3. The number of amides is 3. The van der Waals surface area contributed by atoms with Crippen LogP contribution in [0.2, 0.25) is 0 Å². The van der Waals surface area contributed by atoms with Gasteiger partial charge in [0.05, 0.1) is 12.8 Å². The molecule has 13 heteroatoms. The molecule has 0 radical (unpaired) electrons. The van der Waals surface area contributed by atoms with E-state index in [1.165, 1.54) is 0 Å². The molecule has 4 aromatic rings. The minimum Gasteiger partial charge on any atom is -0.480 e. The van der Waals surface area contributed by atoms with Crippen LogP contribution in [0, 0.1) is 0 Å². The number of nitrogens with one attached hydrogen (secondary N) is 3. The molecule has 52 heavy (non-hydrogen) atoms. The Morgan fingerprint density at radius 1 is 1.02 bits per heavy atom. The van der Waals surface area contributed by atoms with Gasteiger partial charge in [-0.1, -0.05) is 65.8 Å². The predicted molar refractivity (Wildman–Crippen MR) is 198 cm³/mol. The SMILES string of the molecule is CC(C)(C)c1cc(NC(=O)N[C@@]2(C=O)C=C[C@@H](Oc3ccc4nnc(C(C)(C)C)n4c3)c3ccccc32)cc(C(=O)NCCN2CCCOCC2)n1. The third kappa shape index (κ3) is 8.16. The number of anilines is 1. The van der Waals surface area contributed by atoms with Crippen LogP contribution in [0.5, 0.6) is 5.75 Å². The normalized spacial score (nSPS) is 19.4. The smallest absolute Gasteiger partial charge is 0.320 e. The fourth-order valence-electron chi connectivity index (χ4n) is 6.39. The summed E-state index contributed by atoms with van der Waals surface area (Å²) in [4.78, 5) is 46.7. The van der Waals surface area contributed by atoms with Crippen molar-refractivity contribution >= 4 is 29.6 Å². The molecule has 4 heterocycles. The molecule has 6 rings (SSSR count). The lowest BCUT2D eigenvalue weighted by atomic mass is 9.81. The van der Waals surface area contributed by atoms with E-state index < -0.39 is 23.1 Å². The second-order valence-electron chi connectivity index (χ2n) is 15.4. The van der Waals surface area contributed by atoms with Gasteiger partial charge in [0.2, 0.25) is 0 Å². The minimum atomic E-state index is -1.48. The van der Waals surface area contributed by atoms with E-state index in [0.29, 0.717) is 54.3 Å². The van der Waals surface area contributed by atoms with E-state index in [4.69, 9.17) is 9.47 Å². The predicted octanol–water partition coefficient (Wildman–Crippen LogP) is 5.08. The van der Waals surface area contributed by atoms with Crippen molar-refractivity contribution in [1.82, 2.24) is 35.1 Å². The summed E-state index contributed by atoms with van der Waals surface area (Å²) in [5, 5.41) is 17.4. The summed E-state index contributed by atoms with van der Waals surface area (Å²) in [5.74, 6) is 1.06. The molecule has 1 aliphatic heterocycles. The molecule has 1 fully saturated rings. The molecule has 1 aromatic carbocycles. The van der Waals surface area contributed by atoms with Crippen LogP contribution in [0.4, 0.5) is 10.5 Å². The molecule has 3 aromatic heterocycles. The lowest BCUT2D eigenvalue weighted by Gasteiger charge is -2.34. The van der Waals surface area contributed by atoms with Gasteiger partial charge in [-0.05, 0) is 48.4 Å². The number of urea groups is 1. The lowest BCUT2D eigenvalue weighted by molar-refractivity contribution is -0.111. The lowest BCUT2D eigenvalue weighted by Crippen LogP contribution is -2.49. The van der Waals surface area contributed by atoms with Gasteiger partial charge in [0, 0.05) is 60.6 Å². The van der Waals surface area contributed by atoms with Crippen molar-refractivity contribution in [1.29, 1.82) is 0 Å². The molecule has 1 saturated heterocycles. The molecule has 13 nitrogen and oxygen atoms in total. The molecule has 0 bridgehead atoms. The zero-order chi connectivity index (χ0) is 37.1. The van der Waals surface area contributed by atoms with Crippen molar-refractivity contribution in [2.75, 3.05) is 44.7 Å². The average molecular weight is 709 g/mol. The van der Waals surface area contributed by atoms with Gasteiger partial charge in [-0.3, -0.25) is 18.9 Å². The Morgan fingerprint density at radius 3 is 2.60 bits per heavy atom. The fourth-order valence-corrected chi connectivity index (χ4v) is 6.39. The van der Waals surface area contributed by atoms with Crippen molar-refractivity contribution in [2.24, 2.45) is 0 Å². The van der Waals surface area contributed by atoms with E-state index in [-0.39, 0.29) is 17.0 Å². The van der Waals surface area contributed by atoms with E-state index >= 15 is 0 Å². The van der Waals surface area contributed by atoms with Gasteiger partial charge < -0.3 is 25.4 Å². The summed E-state index contributed by atoms with van der Waals surface area (Å²) in [5.41, 5.74) is 1.10. The maximum absolute atomic E-state index is 13.7. The molecular weight excluding hydrogens is 660 g/mol. The average Bonchev–Trinajstić information content (AvgIpc) is 3.37. The Hall–Kier alpha value is -5.14. The zero-order valence-corrected chi connectivity index (χ0v) is 30.7. The highest BCUT2D eigenvalue weighted by Gasteiger charge is 2.38. The number of hydrogen-bond donors (Lipinski definition) is 3. The Balaban J connectivity index is 1.19. The van der Waals surface area contributed by atoms with E-state index in [0.717, 1.165) is 37.5 Å². The van der Waals surface area contributed by atoms with Crippen molar-refractivity contribution in [3.05, 3.63) is 95.2 Å². The summed E-state index contributed by atoms with van der Waals surface area (Å²) < 4.78 is 13.9. The van der Waals surface area contributed by atoms with Gasteiger partial charge >= 0.3 is 6.03 Å². The maximum Gasteiger partial charge on any atom is 0.320 e. The summed E-state index contributed by atoms with van der Waals surface area (Å²) in [6.07, 6.45) is 6.40. The molecule has 3 N–H and O–H groups in total. The number of aldehydes is 1. The second-order valence-corrected chi connectivity index (χ2v) is 15.4. The number of hydrogen-bond acceptors (Lipinski definition) is 9. The number of benzene rings is 1. The molecule has 3 amide bonds. The summed E-state index contributed by atoms with van der Waals surface area (Å²) in [6, 6.07) is 13.7. The standard InChI is InChI=1S/C39H48N8O5/c1-37(2,3)32-23-26(22-30(42-32)34(49)40-16-18-46-17-9-20-51-21-19-46)41-36(50)43-39(25-48)15-14-31(28-10-7-8-11-29(28)39)52-27-12-13-33-44-45-35(38(4,5)6)47(33)24-27/h7-8,10-15,22-25,31H,9,16-21H2,1-6H3,(H,40,49)(H2,41,42,43,50)/t31-,39-/m1/s1. The second kappa shape index (κ2) is 14.8. The van der Waals surface area contributed by atoms with Crippen LogP contribution in [0.3, 0.4) is 0 Å². The maximum atomic E-state index is 13.7. The Kier molecular flexibility index (Phi) is 10.5. The highest BCUT2D eigenvalue weighted by Crippen LogP contribution is 2.37. The zero-order valence-electron chi connectivity index (χ0n) is 30.7. The van der Waals surface area contributed by atoms with E-state index in [1.54, 1.807) is 30.4 Å². The molecule has 2 atom stereocenters. The van der Waals surface area contributed by atoms with Gasteiger partial charge in [-0.25, -0.2) is 9.78 Å². The van der Waals surface area contributed by atoms with Crippen LogP contribution >= 0.6 is 0 Å². The van der Waals surface area contributed by atoms with Gasteiger partial charge in [0.1, 0.15) is 28.9 Å². The Bertz CT molecular complexity index is 1970. The first-order valence-electron chi connectivity index (χ1n) is 17.7. The monoisotopic (exact) mass is 708 g/mol. The number of ether oxygens (including phenoxy) is 2. The third-order valence-electron chi connectivity index (χ3n) is 9.17. The number of carbonyl (C=O) groups excluding carboxylic acids is 3. The topological polar surface area (TPSA) is 152 Å². The van der Waals surface area contributed by atoms with E-state index in [2.05, 4.69) is 56.8 Å². The van der Waals surface area contributed by atoms with Crippen molar-refractivity contribution < 1.29 is 23.9 Å². The van der Waals surface area contributed by atoms with Gasteiger partial charge in [0.15, 0.2) is 11.9 Å². The first kappa shape index (κ1) is 36.6. The van der Waals surface area contributed by atoms with Gasteiger partial charge in [0.25, 0.3) is 5.91 Å². The first-order chi connectivity index (χ1) is 24.8. The molecule has 0 spiro atoms. The number of rotatable bonds is 9. The van der Waals surface area contributed by atoms with Gasteiger partial charge in [-0.2, -0.15) is 0 Å². The summed E-state index contributed by atoms with van der Waals surface area (Å²) in [7, 11) is 0. The third-order valence-corrected chi connectivity index (χ3v) is 9.17. The highest BCUT2D eigenvalue weighted by atomic mass is 16.5.